The van der Waals surface area contributed by atoms with Gasteiger partial charge in [-0.3, -0.25) is 4.79 Å². The lowest BCUT2D eigenvalue weighted by Gasteiger charge is -2.26. The summed E-state index contributed by atoms with van der Waals surface area (Å²) in [7, 11) is 1.62. The monoisotopic (exact) mass is 512 g/mol. The van der Waals surface area contributed by atoms with E-state index >= 15 is 0 Å². The molecule has 0 unspecified atom stereocenters. The van der Waals surface area contributed by atoms with Crippen LogP contribution in [0.3, 0.4) is 0 Å². The second-order valence-corrected chi connectivity index (χ2v) is 10.5. The lowest BCUT2D eigenvalue weighted by molar-refractivity contribution is -0.137. The minimum Gasteiger partial charge on any atom is -0.383 e. The number of halogens is 3. The van der Waals surface area contributed by atoms with E-state index in [0.717, 1.165) is 34.6 Å². The molecular formula is C23H27F3N4O2S2. The Hall–Kier alpha value is -2.05. The summed E-state index contributed by atoms with van der Waals surface area (Å²) >= 11 is 2.86. The van der Waals surface area contributed by atoms with E-state index < -0.39 is 11.7 Å². The van der Waals surface area contributed by atoms with Gasteiger partial charge in [0.05, 0.1) is 22.4 Å². The molecule has 11 heteroatoms. The first kappa shape index (κ1) is 25.1. The van der Waals surface area contributed by atoms with Crippen molar-refractivity contribution in [2.45, 2.75) is 44.9 Å². The van der Waals surface area contributed by atoms with Crippen molar-refractivity contribution >= 4 is 43.8 Å². The van der Waals surface area contributed by atoms with Crippen molar-refractivity contribution < 1.29 is 22.7 Å². The van der Waals surface area contributed by atoms with Gasteiger partial charge in [0.1, 0.15) is 10.0 Å². The van der Waals surface area contributed by atoms with Crippen LogP contribution < -0.4 is 16.0 Å². The lowest BCUT2D eigenvalue weighted by Crippen LogP contribution is -2.35. The zero-order valence-corrected chi connectivity index (χ0v) is 20.8. The predicted octanol–water partition coefficient (Wildman–Crippen LogP) is 5.20. The summed E-state index contributed by atoms with van der Waals surface area (Å²) in [6, 6.07) is 3.98. The van der Waals surface area contributed by atoms with Crippen molar-refractivity contribution in [2.75, 3.05) is 32.1 Å². The van der Waals surface area contributed by atoms with E-state index in [1.165, 1.54) is 28.7 Å². The van der Waals surface area contributed by atoms with Crippen LogP contribution in [0.1, 0.15) is 42.3 Å². The predicted molar refractivity (Wildman–Crippen MR) is 131 cm³/mol. The Bertz CT molecular complexity index is 1180. The number of nitrogens with zero attached hydrogens (tertiary/aromatic N) is 1. The second kappa shape index (κ2) is 10.3. The number of fused-ring (bicyclic) bond motifs is 2. The van der Waals surface area contributed by atoms with Gasteiger partial charge in [-0.05, 0) is 44.0 Å². The molecule has 0 spiro atoms. The fraction of sp³-hybridized carbons (Fsp3) is 0.478. The van der Waals surface area contributed by atoms with E-state index in [2.05, 4.69) is 34.8 Å². The number of carbonyl (C=O) groups excluding carboxylic acids is 1. The molecule has 0 saturated heterocycles. The van der Waals surface area contributed by atoms with Gasteiger partial charge >= 0.3 is 6.18 Å². The molecule has 34 heavy (non-hydrogen) atoms. The summed E-state index contributed by atoms with van der Waals surface area (Å²) in [5.41, 5.74) is 1.53. The van der Waals surface area contributed by atoms with Crippen LogP contribution in [-0.2, 0) is 22.1 Å². The van der Waals surface area contributed by atoms with Crippen molar-refractivity contribution in [3.63, 3.8) is 0 Å². The third-order valence-corrected chi connectivity index (χ3v) is 8.05. The van der Waals surface area contributed by atoms with Gasteiger partial charge in [0, 0.05) is 49.1 Å². The number of benzene rings is 1. The first-order chi connectivity index (χ1) is 16.2. The van der Waals surface area contributed by atoms with Crippen LogP contribution in [-0.4, -0.2) is 43.7 Å². The summed E-state index contributed by atoms with van der Waals surface area (Å²) in [5, 5.41) is 11.0. The number of methoxy groups -OCH3 is 1. The molecule has 2 aromatic heterocycles. The number of amides is 1. The van der Waals surface area contributed by atoms with Crippen LogP contribution in [0.15, 0.2) is 18.2 Å². The number of aromatic nitrogens is 1. The number of thiophene rings is 1. The summed E-state index contributed by atoms with van der Waals surface area (Å²) < 4.78 is 45.3. The number of rotatable bonds is 8. The summed E-state index contributed by atoms with van der Waals surface area (Å²) in [6.07, 6.45) is -3.37. The van der Waals surface area contributed by atoms with Crippen LogP contribution in [0.25, 0.3) is 20.8 Å². The van der Waals surface area contributed by atoms with E-state index in [0.29, 0.717) is 46.3 Å². The Morgan fingerprint density at radius 2 is 2.06 bits per heavy atom. The highest BCUT2D eigenvalue weighted by molar-refractivity contribution is 7.23. The Balaban J connectivity index is 1.67. The van der Waals surface area contributed by atoms with Crippen molar-refractivity contribution in [2.24, 2.45) is 0 Å². The molecule has 6 nitrogen and oxygen atoms in total. The molecule has 0 bridgehead atoms. The molecule has 1 aromatic carbocycles. The topological polar surface area (TPSA) is 75.3 Å². The number of alkyl halides is 3. The maximum absolute atomic E-state index is 13.2. The number of thiazole rings is 1. The van der Waals surface area contributed by atoms with Crippen molar-refractivity contribution in [3.8, 4) is 10.6 Å². The van der Waals surface area contributed by atoms with Crippen molar-refractivity contribution in [1.82, 2.24) is 15.6 Å². The highest BCUT2D eigenvalue weighted by Gasteiger charge is 2.32. The summed E-state index contributed by atoms with van der Waals surface area (Å²) in [6.45, 7) is 5.92. The van der Waals surface area contributed by atoms with Crippen molar-refractivity contribution in [3.05, 3.63) is 34.2 Å². The molecule has 184 valence electrons. The molecule has 4 rings (SSSR count). The molecule has 1 aliphatic heterocycles. The van der Waals surface area contributed by atoms with Gasteiger partial charge in [0.25, 0.3) is 0 Å². The van der Waals surface area contributed by atoms with Crippen LogP contribution in [0.4, 0.5) is 18.2 Å². The summed E-state index contributed by atoms with van der Waals surface area (Å²) in [4.78, 5) is 18.4. The van der Waals surface area contributed by atoms with E-state index in [1.807, 2.05) is 0 Å². The van der Waals surface area contributed by atoms with Gasteiger partial charge < -0.3 is 20.7 Å². The fourth-order valence-electron chi connectivity index (χ4n) is 4.12. The van der Waals surface area contributed by atoms with Crippen LogP contribution in [0, 0.1) is 0 Å². The number of ether oxygens (including phenoxy) is 1. The van der Waals surface area contributed by atoms with E-state index in [1.54, 1.807) is 7.11 Å². The molecule has 0 radical (unpaired) electrons. The zero-order chi connectivity index (χ0) is 24.5. The normalized spacial score (nSPS) is 18.3. The molecule has 0 saturated carbocycles. The average Bonchev–Trinajstić information content (AvgIpc) is 3.33. The van der Waals surface area contributed by atoms with Gasteiger partial charge in [-0.2, -0.15) is 13.2 Å². The molecule has 3 aromatic rings. The smallest absolute Gasteiger partial charge is 0.383 e. The van der Waals surface area contributed by atoms with Crippen molar-refractivity contribution in [1.29, 1.82) is 0 Å². The Kier molecular flexibility index (Phi) is 7.58. The minimum absolute atomic E-state index is 0.107. The first-order valence-electron chi connectivity index (χ1n) is 11.1. The SMILES string of the molecule is COCCNCCC(=O)Nc1sc2c(c1-c1nc3cc(C(F)(F)F)ccc3s1)C[C@H](C)N[C@H]2C. The third kappa shape index (κ3) is 5.44. The van der Waals surface area contributed by atoms with Gasteiger partial charge in [0.15, 0.2) is 0 Å². The number of hydrogen-bond acceptors (Lipinski definition) is 7. The fourth-order valence-corrected chi connectivity index (χ4v) is 6.47. The number of nitrogens with one attached hydrogen (secondary N) is 3. The maximum Gasteiger partial charge on any atom is 0.416 e. The second-order valence-electron chi connectivity index (χ2n) is 8.38. The first-order valence-corrected chi connectivity index (χ1v) is 12.7. The lowest BCUT2D eigenvalue weighted by atomic mass is 9.95. The zero-order valence-electron chi connectivity index (χ0n) is 19.1. The van der Waals surface area contributed by atoms with Crippen LogP contribution >= 0.6 is 22.7 Å². The quantitative estimate of drug-likeness (QED) is 0.362. The molecule has 3 heterocycles. The van der Waals surface area contributed by atoms with E-state index in [-0.39, 0.29) is 18.0 Å². The molecule has 3 N–H and O–H groups in total. The van der Waals surface area contributed by atoms with E-state index in [4.69, 9.17) is 4.74 Å². The average molecular weight is 513 g/mol. The summed E-state index contributed by atoms with van der Waals surface area (Å²) in [5.74, 6) is -0.126. The molecule has 1 aliphatic rings. The van der Waals surface area contributed by atoms with Gasteiger partial charge in [-0.25, -0.2) is 4.98 Å². The maximum atomic E-state index is 13.2. The van der Waals surface area contributed by atoms with E-state index in [9.17, 15) is 18.0 Å². The Morgan fingerprint density at radius 1 is 1.26 bits per heavy atom. The largest absolute Gasteiger partial charge is 0.416 e. The molecule has 0 fully saturated rings. The molecular weight excluding hydrogens is 485 g/mol. The molecule has 2 atom stereocenters. The van der Waals surface area contributed by atoms with Crippen LogP contribution in [0.2, 0.25) is 0 Å². The number of anilines is 1. The van der Waals surface area contributed by atoms with Gasteiger partial charge in [-0.1, -0.05) is 0 Å². The number of hydrogen-bond donors (Lipinski definition) is 3. The van der Waals surface area contributed by atoms with Crippen LogP contribution in [0.5, 0.6) is 0 Å². The Labute approximate surface area is 203 Å². The Morgan fingerprint density at radius 3 is 2.79 bits per heavy atom. The third-order valence-electron chi connectivity index (χ3n) is 5.67. The highest BCUT2D eigenvalue weighted by atomic mass is 32.1. The molecule has 0 aliphatic carbocycles. The standard InChI is InChI=1S/C23H27F3N4O2S2/c1-12-10-15-19(21-29-16-11-14(23(24,25)26)4-5-17(16)33-21)22(34-20(15)13(2)28-12)30-18(31)6-7-27-8-9-32-3/h4-5,11-13,27-28H,6-10H2,1-3H3,(H,30,31)/t12-,13-/m0/s1. The van der Waals surface area contributed by atoms with Gasteiger partial charge in [0.2, 0.25) is 5.91 Å². The van der Waals surface area contributed by atoms with Gasteiger partial charge in [-0.15, -0.1) is 22.7 Å². The highest BCUT2D eigenvalue weighted by Crippen LogP contribution is 2.48. The minimum atomic E-state index is -4.42. The number of carbonyl (C=O) groups is 1. The molecule has 1 amide bonds.